The Kier molecular flexibility index (Phi) is 30.2. The quantitative estimate of drug-likeness (QED) is 0.0345. The molecule has 27 heteroatoms. The fourth-order valence-electron chi connectivity index (χ4n) is 9.75. The average Bonchev–Trinajstić information content (AvgIpc) is 4.24. The molecule has 0 radical (unpaired) electrons. The van der Waals surface area contributed by atoms with E-state index in [0.29, 0.717) is 0 Å². The second kappa shape index (κ2) is 36.1. The molecule has 6 N–H and O–H groups in total. The Morgan fingerprint density at radius 1 is 0.395 bits per heavy atom. The first-order valence-corrected chi connectivity index (χ1v) is 26.3. The number of aliphatic hydroxyl groups is 3. The molecule has 3 aliphatic rings. The van der Waals surface area contributed by atoms with Crippen LogP contribution in [0.1, 0.15) is 131 Å². The zero-order valence-corrected chi connectivity index (χ0v) is 43.9. The Hall–Kier alpha value is -5.61. The predicted octanol–water partition coefficient (Wildman–Crippen LogP) is 10.9. The molecule has 6 rings (SSSR count). The van der Waals surface area contributed by atoms with Crippen LogP contribution in [0.5, 0.6) is 17.2 Å². The van der Waals surface area contributed by atoms with Crippen LogP contribution in [0.2, 0.25) is 0 Å². The number of halogens is 12. The summed E-state index contributed by atoms with van der Waals surface area (Å²) >= 11 is 0. The topological polar surface area (TPSA) is 203 Å². The van der Waals surface area contributed by atoms with E-state index >= 15 is 0 Å². The lowest BCUT2D eigenvalue weighted by atomic mass is 9.97. The largest absolute Gasteiger partial charge is 0.435 e. The third-order valence-electron chi connectivity index (χ3n) is 13.6. The zero-order valence-electron chi connectivity index (χ0n) is 43.9. The molecule has 3 saturated carbocycles. The monoisotopic (exact) mass is 1180 g/mol. The van der Waals surface area contributed by atoms with E-state index in [9.17, 15) is 82.4 Å². The van der Waals surface area contributed by atoms with Crippen LogP contribution in [0, 0.1) is 17.8 Å². The van der Waals surface area contributed by atoms with E-state index in [0.717, 1.165) is 77.0 Å². The number of benzene rings is 3. The molecule has 3 aromatic rings. The molecule has 0 saturated heterocycles. The summed E-state index contributed by atoms with van der Waals surface area (Å²) in [5, 5.41) is 38.0. The van der Waals surface area contributed by atoms with Gasteiger partial charge in [0, 0.05) is 0 Å². The lowest BCUT2D eigenvalue weighted by Crippen LogP contribution is -2.35. The lowest BCUT2D eigenvalue weighted by Gasteiger charge is -2.22. The number of alkyl halides is 12. The fraction of sp³-hybridized carbons (Fsp3) is 0.611. The van der Waals surface area contributed by atoms with E-state index in [-0.39, 0.29) is 71.0 Å². The second-order valence-electron chi connectivity index (χ2n) is 19.4. The van der Waals surface area contributed by atoms with E-state index in [1.54, 1.807) is 0 Å². The minimum absolute atomic E-state index is 0.0503. The van der Waals surface area contributed by atoms with Gasteiger partial charge < -0.3 is 59.7 Å². The molecule has 81 heavy (non-hydrogen) atoms. The third-order valence-corrected chi connectivity index (χ3v) is 13.6. The standard InChI is InChI=1S/3C18H23F4NO4/c3*19-17(20)26-10-14(12-6-3-7-13(8-12)27-18(21)22)23-16(25)9-15(24)11-4-1-2-5-11/h3*3,6-8,11,14-15,17-18,24H,1-2,4-5,9-10H2,(H,23,25)/t14-,15?;14-,15+;14-,15-/m000/s1. The number of carbonyl (C=O) groups excluding carboxylic acids is 3. The van der Waals surface area contributed by atoms with Crippen molar-refractivity contribution in [1.29, 1.82) is 0 Å². The number of carbonyl (C=O) groups is 3. The lowest BCUT2D eigenvalue weighted by molar-refractivity contribution is -0.139. The molecule has 3 amide bonds. The Bertz CT molecular complexity index is 2040. The van der Waals surface area contributed by atoms with Crippen LogP contribution < -0.4 is 30.2 Å². The van der Waals surface area contributed by atoms with Crippen molar-refractivity contribution < 1.29 is 111 Å². The first kappa shape index (κ1) is 67.9. The van der Waals surface area contributed by atoms with E-state index in [1.807, 2.05) is 0 Å². The Balaban J connectivity index is 0.000000261. The summed E-state index contributed by atoms with van der Waals surface area (Å²) in [6.45, 7) is -19.9. The summed E-state index contributed by atoms with van der Waals surface area (Å²) in [6.07, 6.45) is 8.20. The highest BCUT2D eigenvalue weighted by Gasteiger charge is 2.30. The van der Waals surface area contributed by atoms with Crippen LogP contribution in [0.25, 0.3) is 0 Å². The molecule has 0 spiro atoms. The molecular formula is C54H69F12N3O12. The van der Waals surface area contributed by atoms with E-state index in [1.165, 1.54) is 72.8 Å². The number of amides is 3. The van der Waals surface area contributed by atoms with Gasteiger partial charge >= 0.3 is 39.7 Å². The number of aliphatic hydroxyl groups excluding tert-OH is 3. The number of hydrogen-bond acceptors (Lipinski definition) is 12. The third kappa shape index (κ3) is 26.9. The SMILES string of the molecule is O=C(CC(O)C1CCCC1)N[C@@H](COC(F)F)c1cccc(OC(F)F)c1.O=C(C[C@@H](O)C1CCCC1)N[C@@H](COC(F)F)c1cccc(OC(F)F)c1.O=C(C[C@H](O)C1CCCC1)N[C@@H](COC(F)F)c1cccc(OC(F)F)c1. The summed E-state index contributed by atoms with van der Waals surface area (Å²) in [5.74, 6) is -1.93. The Labute approximate surface area is 460 Å². The Morgan fingerprint density at radius 3 is 0.840 bits per heavy atom. The van der Waals surface area contributed by atoms with Gasteiger partial charge in [-0.05, 0) is 109 Å². The molecule has 0 aliphatic heterocycles. The second-order valence-corrected chi connectivity index (χ2v) is 19.4. The van der Waals surface area contributed by atoms with E-state index in [4.69, 9.17) is 0 Å². The fourth-order valence-corrected chi connectivity index (χ4v) is 9.75. The van der Waals surface area contributed by atoms with Crippen molar-refractivity contribution in [2.24, 2.45) is 17.8 Å². The molecule has 1 unspecified atom stereocenters. The number of nitrogens with one attached hydrogen (secondary N) is 3. The molecule has 15 nitrogen and oxygen atoms in total. The van der Waals surface area contributed by atoms with Crippen molar-refractivity contribution in [3.8, 4) is 17.2 Å². The normalized spacial score (nSPS) is 17.3. The highest BCUT2D eigenvalue weighted by molar-refractivity contribution is 5.78. The maximum atomic E-state index is 12.4. The van der Waals surface area contributed by atoms with Gasteiger partial charge in [-0.2, -0.15) is 52.7 Å². The van der Waals surface area contributed by atoms with Gasteiger partial charge in [-0.15, -0.1) is 0 Å². The van der Waals surface area contributed by atoms with Gasteiger partial charge in [0.25, 0.3) is 0 Å². The van der Waals surface area contributed by atoms with Gasteiger partial charge in [0.15, 0.2) is 0 Å². The minimum atomic E-state index is -3.05. The van der Waals surface area contributed by atoms with Crippen LogP contribution in [-0.2, 0) is 28.6 Å². The van der Waals surface area contributed by atoms with Crippen molar-refractivity contribution in [3.05, 3.63) is 89.5 Å². The maximum Gasteiger partial charge on any atom is 0.387 e. The molecule has 3 fully saturated rings. The van der Waals surface area contributed by atoms with E-state index in [2.05, 4.69) is 44.4 Å². The molecule has 3 aliphatic carbocycles. The molecule has 456 valence electrons. The van der Waals surface area contributed by atoms with Gasteiger partial charge in [0.1, 0.15) is 17.2 Å². The van der Waals surface area contributed by atoms with Crippen LogP contribution in [0.15, 0.2) is 72.8 Å². The van der Waals surface area contributed by atoms with Gasteiger partial charge in [-0.3, -0.25) is 14.4 Å². The molecule has 0 heterocycles. The predicted molar refractivity (Wildman–Crippen MR) is 265 cm³/mol. The molecule has 6 atom stereocenters. The zero-order chi connectivity index (χ0) is 59.4. The smallest absolute Gasteiger partial charge is 0.387 e. The maximum absolute atomic E-state index is 12.4. The highest BCUT2D eigenvalue weighted by Crippen LogP contribution is 2.32. The van der Waals surface area contributed by atoms with Crippen LogP contribution in [0.4, 0.5) is 52.7 Å². The van der Waals surface area contributed by atoms with Crippen LogP contribution in [0.3, 0.4) is 0 Å². The van der Waals surface area contributed by atoms with Crippen molar-refractivity contribution in [2.45, 2.75) is 172 Å². The first-order chi connectivity index (χ1) is 38.5. The summed E-state index contributed by atoms with van der Waals surface area (Å²) in [7, 11) is 0. The van der Waals surface area contributed by atoms with Gasteiger partial charge in [0.2, 0.25) is 17.7 Å². The summed E-state index contributed by atoms with van der Waals surface area (Å²) < 4.78 is 174. The van der Waals surface area contributed by atoms with Crippen molar-refractivity contribution in [1.82, 2.24) is 16.0 Å². The molecule has 0 aromatic heterocycles. The van der Waals surface area contributed by atoms with E-state index < -0.39 is 114 Å². The van der Waals surface area contributed by atoms with Gasteiger partial charge in [-0.25, -0.2) is 0 Å². The summed E-state index contributed by atoms with van der Waals surface area (Å²) in [6, 6.07) is 13.2. The molecule has 3 aromatic carbocycles. The minimum Gasteiger partial charge on any atom is -0.435 e. The van der Waals surface area contributed by atoms with Gasteiger partial charge in [-0.1, -0.05) is 74.9 Å². The van der Waals surface area contributed by atoms with Crippen molar-refractivity contribution in [2.75, 3.05) is 19.8 Å². The van der Waals surface area contributed by atoms with Crippen LogP contribution in [-0.4, -0.2) is 111 Å². The molecule has 0 bridgehead atoms. The number of hydrogen-bond donors (Lipinski definition) is 6. The Morgan fingerprint density at radius 2 is 0.630 bits per heavy atom. The molecular weight excluding hydrogens is 1110 g/mol. The van der Waals surface area contributed by atoms with Gasteiger partial charge in [0.05, 0.1) is 75.5 Å². The van der Waals surface area contributed by atoms with Crippen molar-refractivity contribution >= 4 is 17.7 Å². The summed E-state index contributed by atoms with van der Waals surface area (Å²) in [5.41, 5.74) is 0.826. The first-order valence-electron chi connectivity index (χ1n) is 26.3. The van der Waals surface area contributed by atoms with Crippen molar-refractivity contribution in [3.63, 3.8) is 0 Å². The van der Waals surface area contributed by atoms with Crippen LogP contribution >= 0.6 is 0 Å². The highest BCUT2D eigenvalue weighted by atomic mass is 19.3. The number of ether oxygens (including phenoxy) is 6. The average molecular weight is 1180 g/mol. The number of rotatable bonds is 30. The summed E-state index contributed by atoms with van der Waals surface area (Å²) in [4.78, 5) is 36.7.